The lowest BCUT2D eigenvalue weighted by Gasteiger charge is -2.13. The molecule has 1 aromatic carbocycles. The topological polar surface area (TPSA) is 30.5 Å². The van der Waals surface area contributed by atoms with Gasteiger partial charge in [0, 0.05) is 6.04 Å². The quantitative estimate of drug-likeness (QED) is 0.731. The van der Waals surface area contributed by atoms with Gasteiger partial charge >= 0.3 is 0 Å². The van der Waals surface area contributed by atoms with Crippen LogP contribution in [0.15, 0.2) is 12.1 Å². The Morgan fingerprint density at radius 3 is 2.26 bits per heavy atom. The summed E-state index contributed by atoms with van der Waals surface area (Å²) >= 11 is 0. The highest BCUT2D eigenvalue weighted by Gasteiger charge is 2.08. The summed E-state index contributed by atoms with van der Waals surface area (Å²) in [7, 11) is 3.36. The first kappa shape index (κ1) is 15.8. The third-order valence-electron chi connectivity index (χ3n) is 3.27. The molecule has 0 spiro atoms. The molecule has 0 aliphatic rings. The van der Waals surface area contributed by atoms with Gasteiger partial charge in [-0.1, -0.05) is 13.8 Å². The number of hydrogen-bond donors (Lipinski definition) is 1. The largest absolute Gasteiger partial charge is 0.493 e. The minimum absolute atomic E-state index is 0.572. The number of rotatable bonds is 8. The second-order valence-electron chi connectivity index (χ2n) is 5.20. The monoisotopic (exact) mass is 265 g/mol. The first-order valence-corrected chi connectivity index (χ1v) is 7.03. The van der Waals surface area contributed by atoms with E-state index in [1.54, 1.807) is 14.2 Å². The molecule has 0 saturated carbocycles. The lowest BCUT2D eigenvalue weighted by Crippen LogP contribution is -2.23. The van der Waals surface area contributed by atoms with Gasteiger partial charge in [-0.2, -0.15) is 0 Å². The van der Waals surface area contributed by atoms with Gasteiger partial charge in [-0.15, -0.1) is 0 Å². The highest BCUT2D eigenvalue weighted by atomic mass is 16.5. The van der Waals surface area contributed by atoms with Gasteiger partial charge in [0.25, 0.3) is 0 Å². The Hall–Kier alpha value is -1.22. The number of ether oxygens (including phenoxy) is 2. The molecular weight excluding hydrogens is 238 g/mol. The molecule has 0 atom stereocenters. The Labute approximate surface area is 117 Å². The predicted octanol–water partition coefficient (Wildman–Crippen LogP) is 3.33. The maximum absolute atomic E-state index is 5.35. The SMILES string of the molecule is COc1cc(C)c(CCCCNC(C)C)cc1OC. The van der Waals surface area contributed by atoms with Gasteiger partial charge < -0.3 is 14.8 Å². The number of nitrogens with one attached hydrogen (secondary N) is 1. The molecule has 0 radical (unpaired) electrons. The van der Waals surface area contributed by atoms with Crippen LogP contribution in [0.3, 0.4) is 0 Å². The van der Waals surface area contributed by atoms with Crippen LogP contribution in [0.2, 0.25) is 0 Å². The van der Waals surface area contributed by atoms with E-state index in [1.165, 1.54) is 24.0 Å². The number of hydrogen-bond acceptors (Lipinski definition) is 3. The zero-order valence-corrected chi connectivity index (χ0v) is 12.9. The Kier molecular flexibility index (Phi) is 6.71. The summed E-state index contributed by atoms with van der Waals surface area (Å²) in [5, 5.41) is 3.44. The third-order valence-corrected chi connectivity index (χ3v) is 3.27. The highest BCUT2D eigenvalue weighted by molar-refractivity contribution is 5.47. The molecule has 3 nitrogen and oxygen atoms in total. The number of benzene rings is 1. The highest BCUT2D eigenvalue weighted by Crippen LogP contribution is 2.30. The van der Waals surface area contributed by atoms with Crippen LogP contribution in [0.4, 0.5) is 0 Å². The van der Waals surface area contributed by atoms with E-state index in [-0.39, 0.29) is 0 Å². The molecule has 0 unspecified atom stereocenters. The molecule has 1 N–H and O–H groups in total. The minimum Gasteiger partial charge on any atom is -0.493 e. The zero-order chi connectivity index (χ0) is 14.3. The first-order valence-electron chi connectivity index (χ1n) is 7.03. The molecular formula is C16H27NO2. The Morgan fingerprint density at radius 2 is 1.68 bits per heavy atom. The van der Waals surface area contributed by atoms with Gasteiger partial charge in [0.05, 0.1) is 14.2 Å². The van der Waals surface area contributed by atoms with Crippen molar-refractivity contribution >= 4 is 0 Å². The van der Waals surface area contributed by atoms with Crippen molar-refractivity contribution in [2.75, 3.05) is 20.8 Å². The third kappa shape index (κ3) is 5.11. The lowest BCUT2D eigenvalue weighted by atomic mass is 10.0. The number of unbranched alkanes of at least 4 members (excludes halogenated alkanes) is 1. The molecule has 0 aliphatic heterocycles. The molecule has 3 heteroatoms. The second-order valence-corrected chi connectivity index (χ2v) is 5.20. The van der Waals surface area contributed by atoms with Crippen molar-refractivity contribution in [2.45, 2.75) is 46.1 Å². The van der Waals surface area contributed by atoms with Crippen molar-refractivity contribution in [2.24, 2.45) is 0 Å². The number of methoxy groups -OCH3 is 2. The van der Waals surface area contributed by atoms with Crippen LogP contribution in [0, 0.1) is 6.92 Å². The van der Waals surface area contributed by atoms with Crippen molar-refractivity contribution < 1.29 is 9.47 Å². The summed E-state index contributed by atoms with van der Waals surface area (Å²) in [5.74, 6) is 1.63. The van der Waals surface area contributed by atoms with Crippen molar-refractivity contribution in [3.63, 3.8) is 0 Å². The van der Waals surface area contributed by atoms with E-state index in [4.69, 9.17) is 9.47 Å². The Bertz CT molecular complexity index is 389. The molecule has 0 heterocycles. The molecule has 0 amide bonds. The second kappa shape index (κ2) is 8.05. The van der Waals surface area contributed by atoms with Crippen molar-refractivity contribution in [3.05, 3.63) is 23.3 Å². The molecule has 1 rings (SSSR count). The minimum atomic E-state index is 0.572. The maximum atomic E-state index is 5.35. The van der Waals surface area contributed by atoms with Gasteiger partial charge in [0.1, 0.15) is 0 Å². The summed E-state index contributed by atoms with van der Waals surface area (Å²) in [6.07, 6.45) is 3.48. The molecule has 0 aromatic heterocycles. The molecule has 108 valence electrons. The predicted molar refractivity (Wildman–Crippen MR) is 80.4 cm³/mol. The average Bonchev–Trinajstić information content (AvgIpc) is 2.39. The smallest absolute Gasteiger partial charge is 0.161 e. The zero-order valence-electron chi connectivity index (χ0n) is 12.9. The fourth-order valence-corrected chi connectivity index (χ4v) is 2.12. The summed E-state index contributed by atoms with van der Waals surface area (Å²) in [6.45, 7) is 7.57. The van der Waals surface area contributed by atoms with Crippen LogP contribution in [-0.2, 0) is 6.42 Å². The van der Waals surface area contributed by atoms with E-state index in [0.717, 1.165) is 24.5 Å². The van der Waals surface area contributed by atoms with E-state index >= 15 is 0 Å². The summed E-state index contributed by atoms with van der Waals surface area (Å²) in [5.41, 5.74) is 2.62. The van der Waals surface area contributed by atoms with Gasteiger partial charge in [-0.05, 0) is 56.0 Å². The Morgan fingerprint density at radius 1 is 1.05 bits per heavy atom. The van der Waals surface area contributed by atoms with Gasteiger partial charge in [-0.3, -0.25) is 0 Å². The first-order chi connectivity index (χ1) is 9.08. The average molecular weight is 265 g/mol. The fraction of sp³-hybridized carbons (Fsp3) is 0.625. The molecule has 1 aromatic rings. The molecule has 0 aliphatic carbocycles. The van der Waals surface area contributed by atoms with Crippen LogP contribution in [0.1, 0.15) is 37.8 Å². The van der Waals surface area contributed by atoms with E-state index in [9.17, 15) is 0 Å². The fourth-order valence-electron chi connectivity index (χ4n) is 2.12. The standard InChI is InChI=1S/C16H27NO2/c1-12(2)17-9-7-6-8-14-11-16(19-5)15(18-4)10-13(14)3/h10-12,17H,6-9H2,1-5H3. The summed E-state index contributed by atoms with van der Waals surface area (Å²) in [4.78, 5) is 0. The molecule has 0 fully saturated rings. The van der Waals surface area contributed by atoms with Crippen LogP contribution >= 0.6 is 0 Å². The van der Waals surface area contributed by atoms with Crippen molar-refractivity contribution in [1.82, 2.24) is 5.32 Å². The van der Waals surface area contributed by atoms with E-state index in [0.29, 0.717) is 6.04 Å². The van der Waals surface area contributed by atoms with Gasteiger partial charge in [0.2, 0.25) is 0 Å². The van der Waals surface area contributed by atoms with Crippen LogP contribution < -0.4 is 14.8 Å². The van der Waals surface area contributed by atoms with Crippen LogP contribution in [0.5, 0.6) is 11.5 Å². The van der Waals surface area contributed by atoms with Gasteiger partial charge in [0.15, 0.2) is 11.5 Å². The van der Waals surface area contributed by atoms with E-state index in [1.807, 2.05) is 0 Å². The summed E-state index contributed by atoms with van der Waals surface area (Å²) < 4.78 is 10.7. The molecule has 0 saturated heterocycles. The maximum Gasteiger partial charge on any atom is 0.161 e. The van der Waals surface area contributed by atoms with Gasteiger partial charge in [-0.25, -0.2) is 0 Å². The Balaban J connectivity index is 2.53. The molecule has 19 heavy (non-hydrogen) atoms. The normalized spacial score (nSPS) is 10.8. The van der Waals surface area contributed by atoms with Crippen molar-refractivity contribution in [1.29, 1.82) is 0 Å². The van der Waals surface area contributed by atoms with E-state index < -0.39 is 0 Å². The lowest BCUT2D eigenvalue weighted by molar-refractivity contribution is 0.354. The van der Waals surface area contributed by atoms with Crippen LogP contribution in [-0.4, -0.2) is 26.8 Å². The van der Waals surface area contributed by atoms with Crippen LogP contribution in [0.25, 0.3) is 0 Å². The number of aryl methyl sites for hydroxylation is 2. The van der Waals surface area contributed by atoms with Crippen molar-refractivity contribution in [3.8, 4) is 11.5 Å². The summed E-state index contributed by atoms with van der Waals surface area (Å²) in [6, 6.07) is 4.73. The van der Waals surface area contributed by atoms with E-state index in [2.05, 4.69) is 38.2 Å². The molecule has 0 bridgehead atoms.